The molecule has 0 aliphatic carbocycles. The summed E-state index contributed by atoms with van der Waals surface area (Å²) >= 11 is 0. The quantitative estimate of drug-likeness (QED) is 0.512. The van der Waals surface area contributed by atoms with Crippen LogP contribution in [0, 0.1) is 6.92 Å². The van der Waals surface area contributed by atoms with Crippen LogP contribution < -0.4 is 11.5 Å². The minimum atomic E-state index is -0.206. The first-order valence-corrected chi connectivity index (χ1v) is 9.56. The van der Waals surface area contributed by atoms with Gasteiger partial charge in [0.15, 0.2) is 5.82 Å². The maximum absolute atomic E-state index is 9.80. The Hall–Kier alpha value is -3.00. The smallest absolute Gasteiger partial charge is 0.225 e. The van der Waals surface area contributed by atoms with Crippen LogP contribution >= 0.6 is 0 Å². The fourth-order valence-electron chi connectivity index (χ4n) is 3.42. The van der Waals surface area contributed by atoms with Crippen LogP contribution in [0.5, 0.6) is 0 Å². The molecule has 0 radical (unpaired) electrons. The first kappa shape index (κ1) is 19.8. The Morgan fingerprint density at radius 1 is 1.00 bits per heavy atom. The van der Waals surface area contributed by atoms with Crippen LogP contribution in [0.2, 0.25) is 0 Å². The van der Waals surface area contributed by atoms with Crippen molar-refractivity contribution in [1.82, 2.24) is 24.5 Å². The number of unbranched alkanes of at least 4 members (excludes halogenated alkanes) is 2. The number of hydrogen-bond acceptors (Lipinski definition) is 7. The predicted octanol–water partition coefficient (Wildman–Crippen LogP) is 2.87. The second-order valence-electron chi connectivity index (χ2n) is 6.78. The number of aromatic nitrogens is 5. The van der Waals surface area contributed by atoms with Crippen molar-refractivity contribution in [3.05, 3.63) is 47.5 Å². The lowest BCUT2D eigenvalue weighted by Gasteiger charge is -2.22. The molecule has 2 heterocycles. The third-order valence-corrected chi connectivity index (χ3v) is 4.81. The van der Waals surface area contributed by atoms with E-state index >= 15 is 0 Å². The molecule has 1 unspecified atom stereocenters. The van der Waals surface area contributed by atoms with Crippen LogP contribution in [0.4, 0.5) is 11.9 Å². The van der Waals surface area contributed by atoms with E-state index in [1.807, 2.05) is 37.3 Å². The van der Waals surface area contributed by atoms with Gasteiger partial charge in [-0.15, -0.1) is 0 Å². The molecule has 3 aromatic rings. The van der Waals surface area contributed by atoms with Crippen molar-refractivity contribution in [2.24, 2.45) is 0 Å². The van der Waals surface area contributed by atoms with Gasteiger partial charge in [-0.1, -0.05) is 56.5 Å². The van der Waals surface area contributed by atoms with Gasteiger partial charge in [0.2, 0.25) is 11.9 Å². The Labute approximate surface area is 164 Å². The second kappa shape index (κ2) is 8.79. The summed E-state index contributed by atoms with van der Waals surface area (Å²) in [6.45, 7) is 3.98. The highest BCUT2D eigenvalue weighted by molar-refractivity contribution is 5.57. The Morgan fingerprint density at radius 3 is 2.29 bits per heavy atom. The van der Waals surface area contributed by atoms with Gasteiger partial charge >= 0.3 is 0 Å². The van der Waals surface area contributed by atoms with Crippen molar-refractivity contribution in [2.75, 3.05) is 11.5 Å². The number of anilines is 2. The molecule has 0 spiro atoms. The van der Waals surface area contributed by atoms with Gasteiger partial charge in [-0.3, -0.25) is 0 Å². The summed E-state index contributed by atoms with van der Waals surface area (Å²) in [5.41, 5.74) is 14.2. The average molecular weight is 381 g/mol. The molecule has 28 heavy (non-hydrogen) atoms. The molecule has 0 bridgehead atoms. The van der Waals surface area contributed by atoms with Crippen LogP contribution in [0.15, 0.2) is 30.3 Å². The SMILES string of the molecule is CCCCCC(c1nc(N)nc(N)n1)n1c(-c2ccccc2)nc(CO)c1C. The van der Waals surface area contributed by atoms with E-state index in [-0.39, 0.29) is 24.5 Å². The van der Waals surface area contributed by atoms with Crippen molar-refractivity contribution in [1.29, 1.82) is 0 Å². The van der Waals surface area contributed by atoms with Gasteiger partial charge in [0, 0.05) is 11.3 Å². The highest BCUT2D eigenvalue weighted by atomic mass is 16.3. The third-order valence-electron chi connectivity index (χ3n) is 4.81. The summed E-state index contributed by atoms with van der Waals surface area (Å²) in [4.78, 5) is 17.3. The summed E-state index contributed by atoms with van der Waals surface area (Å²) in [6, 6.07) is 9.68. The number of nitrogens with zero attached hydrogens (tertiary/aromatic N) is 5. The van der Waals surface area contributed by atoms with Gasteiger partial charge < -0.3 is 21.1 Å². The number of rotatable bonds is 8. The molecule has 0 saturated heterocycles. The molecule has 8 nitrogen and oxygen atoms in total. The molecule has 0 aliphatic heterocycles. The number of nitrogens with two attached hydrogens (primary N) is 2. The van der Waals surface area contributed by atoms with Gasteiger partial charge in [-0.05, 0) is 13.3 Å². The molecule has 8 heteroatoms. The Balaban J connectivity index is 2.17. The number of hydrogen-bond donors (Lipinski definition) is 3. The zero-order chi connectivity index (χ0) is 20.1. The van der Waals surface area contributed by atoms with E-state index in [2.05, 4.69) is 26.4 Å². The fourth-order valence-corrected chi connectivity index (χ4v) is 3.42. The fraction of sp³-hybridized carbons (Fsp3) is 0.400. The topological polar surface area (TPSA) is 129 Å². The molecule has 0 amide bonds. The molecule has 148 valence electrons. The van der Waals surface area contributed by atoms with E-state index in [1.54, 1.807) is 0 Å². The maximum Gasteiger partial charge on any atom is 0.225 e. The summed E-state index contributed by atoms with van der Waals surface area (Å²) in [5.74, 6) is 1.48. The molecule has 1 aromatic carbocycles. The van der Waals surface area contributed by atoms with E-state index in [1.165, 1.54) is 0 Å². The Kier molecular flexibility index (Phi) is 6.20. The van der Waals surface area contributed by atoms with E-state index in [4.69, 9.17) is 16.5 Å². The van der Waals surface area contributed by atoms with Gasteiger partial charge in [0.25, 0.3) is 0 Å². The van der Waals surface area contributed by atoms with Crippen LogP contribution in [0.25, 0.3) is 11.4 Å². The van der Waals surface area contributed by atoms with Crippen molar-refractivity contribution >= 4 is 11.9 Å². The maximum atomic E-state index is 9.80. The predicted molar refractivity (Wildman–Crippen MR) is 109 cm³/mol. The van der Waals surface area contributed by atoms with Gasteiger partial charge in [-0.25, -0.2) is 4.98 Å². The minimum Gasteiger partial charge on any atom is -0.390 e. The average Bonchev–Trinajstić information content (AvgIpc) is 3.01. The Morgan fingerprint density at radius 2 is 1.68 bits per heavy atom. The number of nitrogen functional groups attached to an aromatic ring is 2. The molecular formula is C20H27N7O. The Bertz CT molecular complexity index is 904. The lowest BCUT2D eigenvalue weighted by molar-refractivity contribution is 0.276. The van der Waals surface area contributed by atoms with Crippen molar-refractivity contribution in [2.45, 2.75) is 52.2 Å². The van der Waals surface area contributed by atoms with E-state index < -0.39 is 0 Å². The summed E-state index contributed by atoms with van der Waals surface area (Å²) in [6.07, 6.45) is 3.99. The number of aliphatic hydroxyl groups excluding tert-OH is 1. The minimum absolute atomic E-state index is 0.101. The molecule has 0 aliphatic rings. The molecule has 2 aromatic heterocycles. The first-order valence-electron chi connectivity index (χ1n) is 9.56. The highest BCUT2D eigenvalue weighted by Gasteiger charge is 2.25. The van der Waals surface area contributed by atoms with E-state index in [9.17, 15) is 5.11 Å². The lowest BCUT2D eigenvalue weighted by atomic mass is 10.1. The molecule has 0 saturated carbocycles. The summed E-state index contributed by atoms with van der Waals surface area (Å²) in [7, 11) is 0. The van der Waals surface area contributed by atoms with Crippen molar-refractivity contribution in [3.8, 4) is 11.4 Å². The van der Waals surface area contributed by atoms with Crippen LogP contribution in [-0.4, -0.2) is 29.6 Å². The lowest BCUT2D eigenvalue weighted by Crippen LogP contribution is -2.19. The zero-order valence-electron chi connectivity index (χ0n) is 16.3. The van der Waals surface area contributed by atoms with Gasteiger partial charge in [-0.2, -0.15) is 15.0 Å². The van der Waals surface area contributed by atoms with Crippen LogP contribution in [-0.2, 0) is 6.61 Å². The molecule has 5 N–H and O–H groups in total. The third kappa shape index (κ3) is 4.12. The monoisotopic (exact) mass is 381 g/mol. The normalized spacial score (nSPS) is 12.2. The standard InChI is InChI=1S/C20H27N7O/c1-3-4-6-11-16(17-24-19(21)26-20(22)25-17)27-13(2)15(12-28)23-18(27)14-9-7-5-8-10-14/h5,7-10,16,28H,3-4,6,11-12H2,1-2H3,(H4,21,22,24,25,26). The van der Waals surface area contributed by atoms with Crippen molar-refractivity contribution in [3.63, 3.8) is 0 Å². The number of imidazole rings is 1. The summed E-state index contributed by atoms with van der Waals surface area (Å²) in [5, 5.41) is 9.80. The zero-order valence-corrected chi connectivity index (χ0v) is 16.3. The molecule has 3 rings (SSSR count). The van der Waals surface area contributed by atoms with E-state index in [0.717, 1.165) is 42.8 Å². The number of benzene rings is 1. The summed E-state index contributed by atoms with van der Waals surface area (Å²) < 4.78 is 2.09. The van der Waals surface area contributed by atoms with Crippen LogP contribution in [0.1, 0.15) is 55.9 Å². The molecule has 0 fully saturated rings. The second-order valence-corrected chi connectivity index (χ2v) is 6.78. The van der Waals surface area contributed by atoms with Crippen molar-refractivity contribution < 1.29 is 5.11 Å². The molecular weight excluding hydrogens is 354 g/mol. The van der Waals surface area contributed by atoms with Gasteiger partial charge in [0.05, 0.1) is 18.3 Å². The number of aliphatic hydroxyl groups is 1. The largest absolute Gasteiger partial charge is 0.390 e. The van der Waals surface area contributed by atoms with Gasteiger partial charge in [0.1, 0.15) is 5.82 Å². The molecule has 1 atom stereocenters. The first-order chi connectivity index (χ1) is 13.5. The highest BCUT2D eigenvalue weighted by Crippen LogP contribution is 2.32. The van der Waals surface area contributed by atoms with E-state index in [0.29, 0.717) is 11.5 Å². The van der Waals surface area contributed by atoms with Crippen LogP contribution in [0.3, 0.4) is 0 Å².